The molecule has 0 atom stereocenters. The lowest BCUT2D eigenvalue weighted by Crippen LogP contribution is -1.85. The van der Waals surface area contributed by atoms with E-state index in [4.69, 9.17) is 0 Å². The first-order valence-electron chi connectivity index (χ1n) is 3.97. The fourth-order valence-corrected chi connectivity index (χ4v) is 3.90. The van der Waals surface area contributed by atoms with Crippen LogP contribution in [-0.2, 0) is 5.33 Å². The Bertz CT molecular complexity index is 492. The van der Waals surface area contributed by atoms with Gasteiger partial charge in [-0.05, 0) is 45.7 Å². The van der Waals surface area contributed by atoms with Crippen molar-refractivity contribution in [2.24, 2.45) is 0 Å². The highest BCUT2D eigenvalue weighted by Crippen LogP contribution is 2.33. The van der Waals surface area contributed by atoms with E-state index in [2.05, 4.69) is 43.9 Å². The van der Waals surface area contributed by atoms with Gasteiger partial charge >= 0.3 is 0 Å². The highest BCUT2D eigenvalue weighted by atomic mass is 127. The average molecular weight is 381 g/mol. The van der Waals surface area contributed by atoms with E-state index >= 15 is 0 Å². The second-order valence-electron chi connectivity index (χ2n) is 2.85. The van der Waals surface area contributed by atoms with Gasteiger partial charge in [-0.2, -0.15) is 0 Å². The number of carbonyl (C=O) groups is 1. The van der Waals surface area contributed by atoms with Crippen molar-refractivity contribution in [3.05, 3.63) is 32.2 Å². The number of benzene rings is 1. The summed E-state index contributed by atoms with van der Waals surface area (Å²) in [6.07, 6.45) is 0.928. The van der Waals surface area contributed by atoms with Gasteiger partial charge in [-0.3, -0.25) is 4.79 Å². The molecule has 2 rings (SSSR count). The zero-order valence-corrected chi connectivity index (χ0v) is 11.6. The summed E-state index contributed by atoms with van der Waals surface area (Å²) in [5.74, 6) is 0. The number of rotatable bonds is 2. The molecule has 1 aromatic heterocycles. The van der Waals surface area contributed by atoms with Crippen molar-refractivity contribution in [3.63, 3.8) is 0 Å². The third-order valence-corrected chi connectivity index (χ3v) is 4.98. The fourth-order valence-electron chi connectivity index (χ4n) is 1.40. The number of aldehydes is 1. The Morgan fingerprint density at radius 3 is 2.93 bits per heavy atom. The SMILES string of the molecule is O=Cc1ccc(I)c2scc(CBr)c12. The molecule has 0 saturated heterocycles. The maximum absolute atomic E-state index is 10.9. The monoisotopic (exact) mass is 380 g/mol. The van der Waals surface area contributed by atoms with Crippen molar-refractivity contribution >= 4 is 66.2 Å². The first-order valence-corrected chi connectivity index (χ1v) is 7.05. The van der Waals surface area contributed by atoms with E-state index in [1.807, 2.05) is 12.1 Å². The zero-order valence-electron chi connectivity index (χ0n) is 7.09. The Labute approximate surface area is 108 Å². The lowest BCUT2D eigenvalue weighted by Gasteiger charge is -1.99. The van der Waals surface area contributed by atoms with E-state index in [-0.39, 0.29) is 0 Å². The van der Waals surface area contributed by atoms with Crippen LogP contribution in [0.3, 0.4) is 0 Å². The van der Waals surface area contributed by atoms with Crippen molar-refractivity contribution in [2.45, 2.75) is 5.33 Å². The minimum atomic E-state index is 0.788. The summed E-state index contributed by atoms with van der Waals surface area (Å²) in [6, 6.07) is 3.87. The largest absolute Gasteiger partial charge is 0.298 e. The van der Waals surface area contributed by atoms with E-state index in [1.54, 1.807) is 11.3 Å². The highest BCUT2D eigenvalue weighted by molar-refractivity contribution is 14.1. The van der Waals surface area contributed by atoms with Gasteiger partial charge in [-0.25, -0.2) is 0 Å². The average Bonchev–Trinajstić information content (AvgIpc) is 2.63. The number of alkyl halides is 1. The van der Waals surface area contributed by atoms with Crippen molar-refractivity contribution in [2.75, 3.05) is 0 Å². The number of hydrogen-bond acceptors (Lipinski definition) is 2. The van der Waals surface area contributed by atoms with Gasteiger partial charge in [0, 0.05) is 24.5 Å². The van der Waals surface area contributed by atoms with Gasteiger partial charge in [0.2, 0.25) is 0 Å². The van der Waals surface area contributed by atoms with Crippen LogP contribution in [0.1, 0.15) is 15.9 Å². The summed E-state index contributed by atoms with van der Waals surface area (Å²) in [4.78, 5) is 10.9. The van der Waals surface area contributed by atoms with E-state index in [0.717, 1.165) is 22.6 Å². The third kappa shape index (κ3) is 1.63. The Balaban J connectivity index is 2.88. The molecular formula is C10H6BrIOS. The molecule has 72 valence electrons. The molecule has 0 N–H and O–H groups in total. The molecule has 0 aliphatic carbocycles. The van der Waals surface area contributed by atoms with Crippen LogP contribution >= 0.6 is 49.9 Å². The molecule has 1 nitrogen and oxygen atoms in total. The smallest absolute Gasteiger partial charge is 0.150 e. The summed E-state index contributed by atoms with van der Waals surface area (Å²) >= 11 is 7.43. The second-order valence-corrected chi connectivity index (χ2v) is 5.46. The summed E-state index contributed by atoms with van der Waals surface area (Å²) in [7, 11) is 0. The first kappa shape index (κ1) is 10.6. The number of hydrogen-bond donors (Lipinski definition) is 0. The molecule has 0 aliphatic rings. The van der Waals surface area contributed by atoms with Gasteiger partial charge < -0.3 is 0 Å². The summed E-state index contributed by atoms with van der Waals surface area (Å²) in [6.45, 7) is 0. The normalized spacial score (nSPS) is 10.7. The topological polar surface area (TPSA) is 17.1 Å². The van der Waals surface area contributed by atoms with E-state index in [0.29, 0.717) is 0 Å². The fraction of sp³-hybridized carbons (Fsp3) is 0.100. The standard InChI is InChI=1S/C10H6BrIOS/c11-3-7-5-14-10-8(12)2-1-6(4-13)9(7)10/h1-2,4-5H,3H2. The van der Waals surface area contributed by atoms with Crippen LogP contribution < -0.4 is 0 Å². The molecule has 0 aliphatic heterocycles. The number of fused-ring (bicyclic) bond motifs is 1. The lowest BCUT2D eigenvalue weighted by molar-refractivity contribution is 0.112. The third-order valence-electron chi connectivity index (χ3n) is 2.05. The van der Waals surface area contributed by atoms with Crippen molar-refractivity contribution in [3.8, 4) is 0 Å². The molecule has 0 saturated carbocycles. The summed E-state index contributed by atoms with van der Waals surface area (Å²) in [5, 5.41) is 4.01. The molecule has 0 bridgehead atoms. The molecule has 0 amide bonds. The van der Waals surface area contributed by atoms with Gasteiger partial charge in [-0.15, -0.1) is 11.3 Å². The maximum atomic E-state index is 10.9. The van der Waals surface area contributed by atoms with Crippen molar-refractivity contribution in [1.29, 1.82) is 0 Å². The minimum absolute atomic E-state index is 0.788. The minimum Gasteiger partial charge on any atom is -0.298 e. The van der Waals surface area contributed by atoms with Gasteiger partial charge in [0.05, 0.1) is 0 Å². The Morgan fingerprint density at radius 1 is 1.50 bits per heavy atom. The first-order chi connectivity index (χ1) is 6.77. The predicted molar refractivity (Wildman–Crippen MR) is 72.6 cm³/mol. The quantitative estimate of drug-likeness (QED) is 0.433. The molecule has 0 fully saturated rings. The Kier molecular flexibility index (Phi) is 3.23. The molecule has 14 heavy (non-hydrogen) atoms. The van der Waals surface area contributed by atoms with Gasteiger partial charge in [0.15, 0.2) is 6.29 Å². The van der Waals surface area contributed by atoms with Crippen molar-refractivity contribution in [1.82, 2.24) is 0 Å². The summed E-state index contributed by atoms with van der Waals surface area (Å²) in [5.41, 5.74) is 1.99. The van der Waals surface area contributed by atoms with E-state index in [1.165, 1.54) is 13.8 Å². The Morgan fingerprint density at radius 2 is 2.29 bits per heavy atom. The van der Waals surface area contributed by atoms with Crippen LogP contribution in [0.5, 0.6) is 0 Å². The highest BCUT2D eigenvalue weighted by Gasteiger charge is 2.09. The van der Waals surface area contributed by atoms with Crippen molar-refractivity contribution < 1.29 is 4.79 Å². The van der Waals surface area contributed by atoms with Gasteiger partial charge in [0.1, 0.15) is 0 Å². The number of carbonyl (C=O) groups excluding carboxylic acids is 1. The van der Waals surface area contributed by atoms with Crippen LogP contribution in [0.25, 0.3) is 10.1 Å². The van der Waals surface area contributed by atoms with E-state index in [9.17, 15) is 4.79 Å². The molecular weight excluding hydrogens is 375 g/mol. The Hall–Kier alpha value is 0.0600. The maximum Gasteiger partial charge on any atom is 0.150 e. The van der Waals surface area contributed by atoms with Crippen LogP contribution in [0.4, 0.5) is 0 Å². The summed E-state index contributed by atoms with van der Waals surface area (Å²) < 4.78 is 2.42. The number of thiophene rings is 1. The van der Waals surface area contributed by atoms with Crippen LogP contribution in [0.15, 0.2) is 17.5 Å². The lowest BCUT2D eigenvalue weighted by atomic mass is 10.1. The molecule has 0 unspecified atom stereocenters. The zero-order chi connectivity index (χ0) is 10.1. The number of halogens is 2. The van der Waals surface area contributed by atoms with Crippen LogP contribution in [0, 0.1) is 3.57 Å². The molecule has 1 heterocycles. The second kappa shape index (κ2) is 4.28. The molecule has 2 aromatic rings. The van der Waals surface area contributed by atoms with Crippen LogP contribution in [0.2, 0.25) is 0 Å². The van der Waals surface area contributed by atoms with E-state index < -0.39 is 0 Å². The predicted octanol–water partition coefficient (Wildman–Crippen LogP) is 4.21. The molecule has 4 heteroatoms. The van der Waals surface area contributed by atoms with Crippen LogP contribution in [-0.4, -0.2) is 6.29 Å². The molecule has 0 spiro atoms. The molecule has 1 aromatic carbocycles. The van der Waals surface area contributed by atoms with Gasteiger partial charge in [0.25, 0.3) is 0 Å². The molecule has 0 radical (unpaired) electrons. The van der Waals surface area contributed by atoms with Gasteiger partial charge in [-0.1, -0.05) is 15.9 Å².